The van der Waals surface area contributed by atoms with Crippen LogP contribution in [0.1, 0.15) is 5.56 Å². The Hall–Kier alpha value is -2.50. The Kier molecular flexibility index (Phi) is 2.90. The summed E-state index contributed by atoms with van der Waals surface area (Å²) in [5.74, 6) is 0. The van der Waals surface area contributed by atoms with Crippen molar-refractivity contribution in [3.63, 3.8) is 0 Å². The van der Waals surface area contributed by atoms with Crippen molar-refractivity contribution in [3.8, 4) is 11.4 Å². The highest BCUT2D eigenvalue weighted by molar-refractivity contribution is 5.87. The molecule has 0 saturated carbocycles. The van der Waals surface area contributed by atoms with Crippen LogP contribution in [0.2, 0.25) is 0 Å². The van der Waals surface area contributed by atoms with Crippen LogP contribution in [-0.4, -0.2) is 9.55 Å². The number of hydrogen-bond acceptors (Lipinski definition) is 2. The lowest BCUT2D eigenvalue weighted by molar-refractivity contribution is -0.137. The number of aromatic nitrogens is 2. The largest absolute Gasteiger partial charge is 0.416 e. The van der Waals surface area contributed by atoms with E-state index in [1.54, 1.807) is 25.2 Å². The van der Waals surface area contributed by atoms with E-state index in [1.807, 2.05) is 4.57 Å². The molecular weight excluding hydrogens is 279 g/mol. The van der Waals surface area contributed by atoms with Gasteiger partial charge in [0.2, 0.25) is 0 Å². The second-order valence-electron chi connectivity index (χ2n) is 4.84. The molecular formula is C15H12F3N3. The van der Waals surface area contributed by atoms with Gasteiger partial charge in [0, 0.05) is 18.0 Å². The average molecular weight is 291 g/mol. The van der Waals surface area contributed by atoms with E-state index in [9.17, 15) is 13.2 Å². The number of nitrogens with two attached hydrogens (primary N) is 1. The topological polar surface area (TPSA) is 43.8 Å². The van der Waals surface area contributed by atoms with Gasteiger partial charge in [-0.3, -0.25) is 4.98 Å². The van der Waals surface area contributed by atoms with E-state index in [2.05, 4.69) is 4.98 Å². The summed E-state index contributed by atoms with van der Waals surface area (Å²) in [6, 6.07) is 8.86. The first-order valence-corrected chi connectivity index (χ1v) is 6.25. The molecule has 0 bridgehead atoms. The standard InChI is InChI=1S/C15H12F3N3/c1-21-13-5-2-10(15(16,17)18)6-9(13)7-14(21)12-4-3-11(19)8-20-12/h2-8H,19H2,1H3. The van der Waals surface area contributed by atoms with E-state index in [4.69, 9.17) is 5.73 Å². The lowest BCUT2D eigenvalue weighted by atomic mass is 10.1. The van der Waals surface area contributed by atoms with Crippen LogP contribution < -0.4 is 5.73 Å². The van der Waals surface area contributed by atoms with Crippen LogP contribution in [0, 0.1) is 0 Å². The smallest absolute Gasteiger partial charge is 0.397 e. The summed E-state index contributed by atoms with van der Waals surface area (Å²) >= 11 is 0. The Morgan fingerprint density at radius 1 is 1.10 bits per heavy atom. The van der Waals surface area contributed by atoms with E-state index in [0.717, 1.165) is 23.3 Å². The number of rotatable bonds is 1. The monoisotopic (exact) mass is 291 g/mol. The third-order valence-corrected chi connectivity index (χ3v) is 3.42. The zero-order valence-corrected chi connectivity index (χ0v) is 11.1. The van der Waals surface area contributed by atoms with Crippen LogP contribution in [-0.2, 0) is 13.2 Å². The van der Waals surface area contributed by atoms with Gasteiger partial charge < -0.3 is 10.3 Å². The Labute approximate surface area is 118 Å². The Morgan fingerprint density at radius 2 is 1.86 bits per heavy atom. The van der Waals surface area contributed by atoms with Crippen LogP contribution in [0.3, 0.4) is 0 Å². The van der Waals surface area contributed by atoms with Gasteiger partial charge in [-0.2, -0.15) is 13.2 Å². The summed E-state index contributed by atoms with van der Waals surface area (Å²) in [5, 5.41) is 0.529. The van der Waals surface area contributed by atoms with Crippen molar-refractivity contribution in [2.24, 2.45) is 7.05 Å². The lowest BCUT2D eigenvalue weighted by Gasteiger charge is -2.07. The molecule has 3 nitrogen and oxygen atoms in total. The number of pyridine rings is 1. The van der Waals surface area contributed by atoms with Gasteiger partial charge in [0.1, 0.15) is 0 Å². The maximum Gasteiger partial charge on any atom is 0.416 e. The second-order valence-corrected chi connectivity index (χ2v) is 4.84. The molecule has 2 N–H and O–H groups in total. The van der Waals surface area contributed by atoms with Crippen molar-refractivity contribution >= 4 is 16.6 Å². The summed E-state index contributed by atoms with van der Waals surface area (Å²) in [4.78, 5) is 4.21. The van der Waals surface area contributed by atoms with Gasteiger partial charge >= 0.3 is 6.18 Å². The van der Waals surface area contributed by atoms with E-state index >= 15 is 0 Å². The molecule has 0 unspecified atom stereocenters. The highest BCUT2D eigenvalue weighted by Gasteiger charge is 2.30. The first kappa shape index (κ1) is 13.5. The molecule has 2 aromatic heterocycles. The van der Waals surface area contributed by atoms with E-state index in [0.29, 0.717) is 16.8 Å². The van der Waals surface area contributed by atoms with E-state index < -0.39 is 11.7 Å². The number of hydrogen-bond donors (Lipinski definition) is 1. The summed E-state index contributed by atoms with van der Waals surface area (Å²) in [6.07, 6.45) is -2.82. The highest BCUT2D eigenvalue weighted by atomic mass is 19.4. The SMILES string of the molecule is Cn1c(-c2ccc(N)cn2)cc2cc(C(F)(F)F)ccc21. The quantitative estimate of drug-likeness (QED) is 0.740. The fourth-order valence-corrected chi connectivity index (χ4v) is 2.33. The van der Waals surface area contributed by atoms with Crippen LogP contribution in [0.15, 0.2) is 42.6 Å². The molecule has 0 aliphatic heterocycles. The molecule has 6 heteroatoms. The number of fused-ring (bicyclic) bond motifs is 1. The summed E-state index contributed by atoms with van der Waals surface area (Å²) < 4.78 is 40.1. The minimum atomic E-state index is -4.34. The predicted octanol–water partition coefficient (Wildman–Crippen LogP) is 3.84. The van der Waals surface area contributed by atoms with Gasteiger partial charge in [-0.1, -0.05) is 0 Å². The molecule has 0 saturated heterocycles. The fraction of sp³-hybridized carbons (Fsp3) is 0.133. The Balaban J connectivity index is 2.17. The van der Waals surface area contributed by atoms with Crippen molar-refractivity contribution in [2.75, 3.05) is 5.73 Å². The molecule has 3 rings (SSSR count). The number of halogens is 3. The Bertz CT molecular complexity index is 801. The number of anilines is 1. The molecule has 1 aromatic carbocycles. The molecule has 0 fully saturated rings. The second kappa shape index (κ2) is 4.51. The number of alkyl halides is 3. The third kappa shape index (κ3) is 2.33. The molecule has 0 aliphatic carbocycles. The van der Waals surface area contributed by atoms with Crippen LogP contribution in [0.4, 0.5) is 18.9 Å². The van der Waals surface area contributed by atoms with Crippen molar-refractivity contribution in [1.29, 1.82) is 0 Å². The van der Waals surface area contributed by atoms with Crippen LogP contribution in [0.25, 0.3) is 22.3 Å². The van der Waals surface area contributed by atoms with Gasteiger partial charge in [-0.25, -0.2) is 0 Å². The minimum Gasteiger partial charge on any atom is -0.397 e. The maximum absolute atomic E-state index is 12.8. The molecule has 0 amide bonds. The van der Waals surface area contributed by atoms with Crippen LogP contribution in [0.5, 0.6) is 0 Å². The molecule has 2 heterocycles. The normalized spacial score (nSPS) is 12.0. The van der Waals surface area contributed by atoms with Crippen molar-refractivity contribution in [1.82, 2.24) is 9.55 Å². The lowest BCUT2D eigenvalue weighted by Crippen LogP contribution is -2.04. The van der Waals surface area contributed by atoms with Gasteiger partial charge in [0.25, 0.3) is 0 Å². The Morgan fingerprint density at radius 3 is 2.48 bits per heavy atom. The predicted molar refractivity (Wildman–Crippen MR) is 75.6 cm³/mol. The number of benzene rings is 1. The first-order valence-electron chi connectivity index (χ1n) is 6.25. The number of nitrogens with zero attached hydrogens (tertiary/aromatic N) is 2. The molecule has 21 heavy (non-hydrogen) atoms. The molecule has 0 radical (unpaired) electrons. The molecule has 108 valence electrons. The molecule has 3 aromatic rings. The number of nitrogen functional groups attached to an aromatic ring is 1. The summed E-state index contributed by atoms with van der Waals surface area (Å²) in [7, 11) is 1.79. The van der Waals surface area contributed by atoms with E-state index in [-0.39, 0.29) is 0 Å². The zero-order chi connectivity index (χ0) is 15.2. The van der Waals surface area contributed by atoms with Crippen molar-refractivity contribution in [2.45, 2.75) is 6.18 Å². The van der Waals surface area contributed by atoms with E-state index in [1.165, 1.54) is 12.3 Å². The highest BCUT2D eigenvalue weighted by Crippen LogP contribution is 2.33. The average Bonchev–Trinajstić information content (AvgIpc) is 2.76. The van der Waals surface area contributed by atoms with Crippen LogP contribution >= 0.6 is 0 Å². The maximum atomic E-state index is 12.8. The van der Waals surface area contributed by atoms with Gasteiger partial charge in [-0.15, -0.1) is 0 Å². The molecule has 0 spiro atoms. The number of aryl methyl sites for hydroxylation is 1. The summed E-state index contributed by atoms with van der Waals surface area (Å²) in [6.45, 7) is 0. The van der Waals surface area contributed by atoms with Gasteiger partial charge in [0.05, 0.1) is 28.8 Å². The first-order chi connectivity index (χ1) is 9.86. The van der Waals surface area contributed by atoms with Gasteiger partial charge in [0.15, 0.2) is 0 Å². The zero-order valence-electron chi connectivity index (χ0n) is 11.1. The molecule has 0 aliphatic rings. The third-order valence-electron chi connectivity index (χ3n) is 3.42. The minimum absolute atomic E-state index is 0.529. The molecule has 0 atom stereocenters. The fourth-order valence-electron chi connectivity index (χ4n) is 2.33. The summed E-state index contributed by atoms with van der Waals surface area (Å²) in [5.41, 5.74) is 7.60. The van der Waals surface area contributed by atoms with Gasteiger partial charge in [-0.05, 0) is 36.4 Å². The van der Waals surface area contributed by atoms with Crippen molar-refractivity contribution in [3.05, 3.63) is 48.2 Å². The van der Waals surface area contributed by atoms with Crippen molar-refractivity contribution < 1.29 is 13.2 Å².